The van der Waals surface area contributed by atoms with E-state index in [1.807, 2.05) is 0 Å². The zero-order chi connectivity index (χ0) is 56.1. The van der Waals surface area contributed by atoms with Crippen molar-refractivity contribution in [1.29, 1.82) is 0 Å². The Bertz CT molecular complexity index is 5750. The van der Waals surface area contributed by atoms with Crippen molar-refractivity contribution in [3.63, 3.8) is 0 Å². The summed E-state index contributed by atoms with van der Waals surface area (Å²) >= 11 is 0. The van der Waals surface area contributed by atoms with Gasteiger partial charge in [-0.2, -0.15) is 0 Å². The molecule has 86 heavy (non-hydrogen) atoms. The Morgan fingerprint density at radius 2 is 0.616 bits per heavy atom. The Kier molecular flexibility index (Phi) is 9.77. The van der Waals surface area contributed by atoms with Crippen LogP contribution in [0.1, 0.15) is 0 Å². The highest BCUT2D eigenvalue weighted by molar-refractivity contribution is 6.19. The minimum atomic E-state index is 0.859. The Morgan fingerprint density at radius 3 is 1.16 bits per heavy atom. The molecule has 19 aromatic rings. The van der Waals surface area contributed by atoms with E-state index in [0.717, 1.165) is 111 Å². The topological polar surface area (TPSA) is 42.0 Å². The summed E-state index contributed by atoms with van der Waals surface area (Å²) in [6.45, 7) is 0. The van der Waals surface area contributed by atoms with E-state index in [1.54, 1.807) is 0 Å². The molecule has 0 saturated carbocycles. The van der Waals surface area contributed by atoms with Gasteiger partial charge in [0.25, 0.3) is 0 Å². The summed E-state index contributed by atoms with van der Waals surface area (Å²) in [5.74, 6) is 0.859. The number of hydrogen-bond donors (Lipinski definition) is 0. The summed E-state index contributed by atoms with van der Waals surface area (Å²) in [6.07, 6.45) is 0. The van der Waals surface area contributed by atoms with Gasteiger partial charge in [0, 0.05) is 76.7 Å². The van der Waals surface area contributed by atoms with E-state index in [1.165, 1.54) is 54.4 Å². The van der Waals surface area contributed by atoms with Crippen molar-refractivity contribution >= 4 is 115 Å². The average Bonchev–Trinajstić information content (AvgIpc) is 1.66. The van der Waals surface area contributed by atoms with Crippen LogP contribution in [0.4, 0.5) is 0 Å². The van der Waals surface area contributed by atoms with Crippen LogP contribution in [0.2, 0.25) is 0 Å². The summed E-state index contributed by atoms with van der Waals surface area (Å²) in [7, 11) is 0. The van der Waals surface area contributed by atoms with Crippen molar-refractivity contribution in [1.82, 2.24) is 32.2 Å². The molecule has 0 aliphatic carbocycles. The molecule has 6 aromatic heterocycles. The minimum Gasteiger partial charge on any atom is -0.309 e. The van der Waals surface area contributed by atoms with Gasteiger partial charge in [-0.1, -0.05) is 194 Å². The summed E-state index contributed by atoms with van der Waals surface area (Å²) < 4.78 is 14.6. The lowest BCUT2D eigenvalue weighted by molar-refractivity contribution is 1.11. The monoisotopic (exact) mass is 1100 g/mol. The van der Waals surface area contributed by atoms with Crippen LogP contribution in [0.15, 0.2) is 297 Å². The van der Waals surface area contributed by atoms with Crippen molar-refractivity contribution in [2.24, 2.45) is 0 Å². The van der Waals surface area contributed by atoms with Gasteiger partial charge in [0.05, 0.1) is 77.7 Å². The van der Waals surface area contributed by atoms with E-state index in [9.17, 15) is 0 Å². The van der Waals surface area contributed by atoms with Crippen molar-refractivity contribution < 1.29 is 0 Å². The van der Waals surface area contributed by atoms with E-state index >= 15 is 0 Å². The highest BCUT2D eigenvalue weighted by Crippen LogP contribution is 2.47. The molecule has 7 nitrogen and oxygen atoms in total. The quantitative estimate of drug-likeness (QED) is 0.157. The van der Waals surface area contributed by atoms with Gasteiger partial charge in [0.2, 0.25) is 5.78 Å². The first-order chi connectivity index (χ1) is 42.7. The summed E-state index contributed by atoms with van der Waals surface area (Å²) in [4.78, 5) is 5.75. The van der Waals surface area contributed by atoms with Crippen LogP contribution in [0.5, 0.6) is 0 Å². The van der Waals surface area contributed by atoms with Crippen LogP contribution in [0.3, 0.4) is 0 Å². The van der Waals surface area contributed by atoms with E-state index in [4.69, 9.17) is 4.98 Å². The number of aromatic nitrogens is 7. The predicted octanol–water partition coefficient (Wildman–Crippen LogP) is 20.2. The van der Waals surface area contributed by atoms with E-state index < -0.39 is 0 Å². The maximum atomic E-state index is 5.75. The number of fused-ring (bicyclic) bond motifs is 18. The molecule has 7 heteroatoms. The number of nitrogens with zero attached hydrogens (tertiary/aromatic N) is 7. The lowest BCUT2D eigenvalue weighted by Gasteiger charge is -2.23. The molecule has 400 valence electrons. The van der Waals surface area contributed by atoms with Gasteiger partial charge in [-0.25, -0.2) is 4.98 Å². The molecule has 0 aliphatic heterocycles. The third-order valence-corrected chi connectivity index (χ3v) is 18.2. The maximum absolute atomic E-state index is 5.75. The Balaban J connectivity index is 0.901. The number of imidazole rings is 2. The summed E-state index contributed by atoms with van der Waals surface area (Å²) in [5.41, 5.74) is 23.3. The number of para-hydroxylation sites is 12. The minimum absolute atomic E-state index is 0.859. The van der Waals surface area contributed by atoms with Gasteiger partial charge in [0.15, 0.2) is 0 Å². The second kappa shape index (κ2) is 17.9. The number of rotatable bonds is 7. The van der Waals surface area contributed by atoms with Gasteiger partial charge in [0.1, 0.15) is 5.52 Å². The molecule has 0 atom stereocenters. The van der Waals surface area contributed by atoms with Crippen LogP contribution in [0, 0.1) is 0 Å². The smallest absolute Gasteiger partial charge is 0.220 e. The van der Waals surface area contributed by atoms with Crippen LogP contribution in [0.25, 0.3) is 166 Å². The van der Waals surface area contributed by atoms with E-state index in [2.05, 4.69) is 324 Å². The highest BCUT2D eigenvalue weighted by Gasteiger charge is 2.27. The third kappa shape index (κ3) is 6.42. The Morgan fingerprint density at radius 1 is 0.221 bits per heavy atom. The molecule has 0 fully saturated rings. The second-order valence-corrected chi connectivity index (χ2v) is 22.6. The summed E-state index contributed by atoms with van der Waals surface area (Å²) in [6, 6.07) is 109. The first-order valence-corrected chi connectivity index (χ1v) is 29.5. The molecular formula is C79H49N7. The van der Waals surface area contributed by atoms with Crippen LogP contribution < -0.4 is 0 Å². The van der Waals surface area contributed by atoms with Gasteiger partial charge in [-0.15, -0.1) is 0 Å². The SMILES string of the molecule is c1ccc(-n2c3ccccc3c3ccc4c(nc5n(-c6ccc7c(c6)c6ccccc6n7-c6c(-c7ccccc7-n7c8ccccc8c8ccccc87)cccc6-c6ccccc6-n6c7ccccc7c7ccccc76)c6ccccc6n45)c32)cc1. The van der Waals surface area contributed by atoms with Gasteiger partial charge < -0.3 is 18.3 Å². The molecule has 0 amide bonds. The van der Waals surface area contributed by atoms with Crippen LogP contribution in [-0.2, 0) is 0 Å². The van der Waals surface area contributed by atoms with Crippen molar-refractivity contribution in [2.45, 2.75) is 0 Å². The first kappa shape index (κ1) is 46.9. The molecule has 0 radical (unpaired) electrons. The molecule has 13 aromatic carbocycles. The molecule has 0 bridgehead atoms. The molecule has 0 unspecified atom stereocenters. The fourth-order valence-corrected chi connectivity index (χ4v) is 14.7. The average molecular weight is 1100 g/mol. The molecular weight excluding hydrogens is 1050 g/mol. The van der Waals surface area contributed by atoms with E-state index in [0.29, 0.717) is 0 Å². The molecule has 6 heterocycles. The zero-order valence-corrected chi connectivity index (χ0v) is 46.4. The van der Waals surface area contributed by atoms with Crippen LogP contribution >= 0.6 is 0 Å². The fourth-order valence-electron chi connectivity index (χ4n) is 14.7. The lowest BCUT2D eigenvalue weighted by Crippen LogP contribution is -2.05. The van der Waals surface area contributed by atoms with E-state index in [-0.39, 0.29) is 0 Å². The van der Waals surface area contributed by atoms with Crippen LogP contribution in [-0.4, -0.2) is 32.2 Å². The second-order valence-electron chi connectivity index (χ2n) is 22.6. The molecule has 0 N–H and O–H groups in total. The van der Waals surface area contributed by atoms with Crippen molar-refractivity contribution in [3.05, 3.63) is 297 Å². The molecule has 0 saturated heterocycles. The van der Waals surface area contributed by atoms with Gasteiger partial charge in [-0.3, -0.25) is 8.97 Å². The molecule has 0 spiro atoms. The summed E-state index contributed by atoms with van der Waals surface area (Å²) in [5, 5.41) is 9.59. The standard InChI is InChI=1S/C79H49N7/c1-2-23-50(24-3-1)81-64-35-12-8-31-58(64)62-46-48-75-76(78(62)81)80-79-82(73-43-20-21-44-74(73)86(75)79)51-45-47-72-63(49-51)59-32-11-19-42-71(59)85(72)77-60(56-29-9-17-40-69(56)83-65-36-13-4-25-52(65)53-26-5-14-37-66(53)83)33-22-34-61(77)57-30-10-18-41-70(57)84-67-38-15-6-27-54(67)55-28-7-16-39-68(55)84/h1-49H. The largest absolute Gasteiger partial charge is 0.309 e. The normalized spacial score (nSPS) is 12.2. The zero-order valence-electron chi connectivity index (χ0n) is 46.4. The predicted molar refractivity (Wildman–Crippen MR) is 358 cm³/mol. The highest BCUT2D eigenvalue weighted by atomic mass is 15.2. The van der Waals surface area contributed by atoms with Crippen molar-refractivity contribution in [3.8, 4) is 50.7 Å². The lowest BCUT2D eigenvalue weighted by atomic mass is 9.93. The maximum Gasteiger partial charge on any atom is 0.220 e. The fraction of sp³-hybridized carbons (Fsp3) is 0. The first-order valence-electron chi connectivity index (χ1n) is 29.5. The van der Waals surface area contributed by atoms with Gasteiger partial charge >= 0.3 is 0 Å². The van der Waals surface area contributed by atoms with Gasteiger partial charge in [-0.05, 0) is 103 Å². The number of hydrogen-bond acceptors (Lipinski definition) is 1. The van der Waals surface area contributed by atoms with Crippen molar-refractivity contribution in [2.75, 3.05) is 0 Å². The molecule has 19 rings (SSSR count). The Labute approximate surface area is 492 Å². The number of benzene rings is 13. The Hall–Kier alpha value is -11.7. The third-order valence-electron chi connectivity index (χ3n) is 18.2. The molecule has 0 aliphatic rings.